The van der Waals surface area contributed by atoms with Crippen molar-refractivity contribution in [3.05, 3.63) is 71.8 Å². The molecule has 4 amide bonds. The molecule has 2 aliphatic heterocycles. The highest BCUT2D eigenvalue weighted by Gasteiger charge is 2.50. The van der Waals surface area contributed by atoms with E-state index in [1.807, 2.05) is 0 Å². The molecule has 0 bridgehead atoms. The minimum atomic E-state index is -3.66. The number of nitrogens with one attached hydrogen (secondary N) is 4. The average Bonchev–Trinajstić information content (AvgIpc) is 3.75. The predicted molar refractivity (Wildman–Crippen MR) is 198 cm³/mol. The van der Waals surface area contributed by atoms with Crippen molar-refractivity contribution in [3.8, 4) is 0 Å². The lowest BCUT2D eigenvalue weighted by Gasteiger charge is -2.29. The van der Waals surface area contributed by atoms with Crippen LogP contribution >= 0.6 is 0 Å². The van der Waals surface area contributed by atoms with Gasteiger partial charge < -0.3 is 30.7 Å². The highest BCUT2D eigenvalue weighted by Crippen LogP contribution is 2.29. The quantitative estimate of drug-likeness (QED) is 0.151. The number of nitrogens with zero attached hydrogens (tertiary/aromatic N) is 1. The van der Waals surface area contributed by atoms with Crippen molar-refractivity contribution in [2.45, 2.75) is 96.3 Å². The molecule has 2 aromatic carbocycles. The molecule has 2 heterocycles. The van der Waals surface area contributed by atoms with Gasteiger partial charge in [0.25, 0.3) is 0 Å². The number of ketones is 1. The number of hydrogen-bond acceptors (Lipinski definition) is 8. The fraction of sp³-hybridized carbons (Fsp3) is 0.575. The van der Waals surface area contributed by atoms with Gasteiger partial charge in [0.2, 0.25) is 23.6 Å². The number of rotatable bonds is 20. The predicted octanol–water partition coefficient (Wildman–Crippen LogP) is 2.58. The zero-order valence-electron chi connectivity index (χ0n) is 46.2. The average molecular weight is 737 g/mol. The third-order valence-electron chi connectivity index (χ3n) is 8.16. The number of ether oxygens (including phenoxy) is 2. The van der Waals surface area contributed by atoms with Crippen LogP contribution in [0.2, 0.25) is 0 Å². The van der Waals surface area contributed by atoms with Crippen LogP contribution in [0.4, 0.5) is 0 Å². The third-order valence-corrected chi connectivity index (χ3v) is 8.16. The molecule has 52 heavy (non-hydrogen) atoms. The number of amides is 4. The summed E-state index contributed by atoms with van der Waals surface area (Å²) in [5.74, 6) is -9.69. The molecule has 5 atom stereocenters. The van der Waals surface area contributed by atoms with Crippen molar-refractivity contribution in [1.82, 2.24) is 26.2 Å². The van der Waals surface area contributed by atoms with E-state index in [4.69, 9.17) is 28.0 Å². The smallest absolute Gasteiger partial charge is 0.243 e. The number of benzene rings is 2. The van der Waals surface area contributed by atoms with Crippen molar-refractivity contribution in [2.75, 3.05) is 39.2 Å². The molecular formula is C40H57N5O7. The fourth-order valence-corrected chi connectivity index (χ4v) is 5.40. The molecule has 0 aromatic heterocycles. The minimum Gasteiger partial charge on any atom is -0.379 e. The summed E-state index contributed by atoms with van der Waals surface area (Å²) in [4.78, 5) is 70.6. The van der Waals surface area contributed by atoms with Crippen LogP contribution in [-0.4, -0.2) is 103 Å². The number of carbonyl (C=O) groups excluding carboxylic acids is 5. The zero-order valence-corrected chi connectivity index (χ0v) is 29.2. The maximum Gasteiger partial charge on any atom is 0.243 e. The summed E-state index contributed by atoms with van der Waals surface area (Å²) in [6, 6.07) is 9.08. The lowest BCUT2D eigenvalue weighted by Crippen LogP contribution is -2.59. The van der Waals surface area contributed by atoms with Crippen LogP contribution in [0.25, 0.3) is 0 Å². The Morgan fingerprint density at radius 1 is 0.808 bits per heavy atom. The third kappa shape index (κ3) is 13.1. The molecule has 12 heteroatoms. The van der Waals surface area contributed by atoms with E-state index in [-0.39, 0.29) is 36.5 Å². The van der Waals surface area contributed by atoms with Gasteiger partial charge >= 0.3 is 0 Å². The van der Waals surface area contributed by atoms with Crippen LogP contribution in [0.15, 0.2) is 60.7 Å². The first kappa shape index (κ1) is 22.8. The minimum absolute atomic E-state index is 0.0141. The van der Waals surface area contributed by atoms with Crippen LogP contribution in [0.1, 0.15) is 88.2 Å². The van der Waals surface area contributed by atoms with Crippen molar-refractivity contribution < 1.29 is 56.7 Å². The Labute approximate surface area is 332 Å². The van der Waals surface area contributed by atoms with Gasteiger partial charge in [-0.05, 0) is 55.5 Å². The molecule has 12 nitrogen and oxygen atoms in total. The standard InChI is InChI=1S/C40H57N5O7/c1-27(2)22-32(36(47)40(5)26-52-40)42-39(50)34(24-30-14-10-7-11-15-30)44-38(49)33(23-28(3)4)43-37(48)31(17-16-29-12-8-6-9-13-29)41-35(46)25-45-18-20-51-21-19-45/h6-15,27-28,31-34H,16-26H2,1-5H3,(H,41,46)(H,42,50)(H,43,48)(H,44,49)/t31-,32-,33-,34-,40+/m0/s1/i3D3,4D3,18D2,19D2,20D2,21D2,26D2,28D. The monoisotopic (exact) mass is 737 g/mol. The largest absolute Gasteiger partial charge is 0.379 e. The molecule has 2 fully saturated rings. The number of hydrogen-bond donors (Lipinski definition) is 4. The second kappa shape index (κ2) is 19.6. The van der Waals surface area contributed by atoms with Gasteiger partial charge in [-0.25, -0.2) is 0 Å². The lowest BCUT2D eigenvalue weighted by atomic mass is 9.93. The van der Waals surface area contributed by atoms with Gasteiger partial charge in [0.05, 0.1) is 40.5 Å². The summed E-state index contributed by atoms with van der Waals surface area (Å²) in [6.45, 7) is -20.5. The molecule has 2 aliphatic rings. The van der Waals surface area contributed by atoms with Crippen LogP contribution in [0, 0.1) is 11.8 Å². The maximum atomic E-state index is 14.6. The first-order chi connectivity index (χ1) is 31.3. The van der Waals surface area contributed by atoms with E-state index in [0.29, 0.717) is 11.1 Å². The first-order valence-electron chi connectivity index (χ1n) is 25.3. The van der Waals surface area contributed by atoms with Gasteiger partial charge in [-0.15, -0.1) is 0 Å². The van der Waals surface area contributed by atoms with Gasteiger partial charge in [0.1, 0.15) is 23.7 Å². The van der Waals surface area contributed by atoms with E-state index in [1.165, 1.54) is 6.92 Å². The van der Waals surface area contributed by atoms with E-state index in [0.717, 1.165) is 0 Å². The molecule has 284 valence electrons. The second-order valence-electron chi connectivity index (χ2n) is 13.0. The first-order valence-corrected chi connectivity index (χ1v) is 16.8. The van der Waals surface area contributed by atoms with Gasteiger partial charge in [-0.2, -0.15) is 0 Å². The molecule has 2 aromatic rings. The number of epoxide rings is 1. The van der Waals surface area contributed by atoms with E-state index in [1.54, 1.807) is 74.5 Å². The highest BCUT2D eigenvalue weighted by molar-refractivity contribution is 5.98. The maximum absolute atomic E-state index is 14.6. The Kier molecular flexibility index (Phi) is 8.62. The van der Waals surface area contributed by atoms with E-state index < -0.39 is 124 Å². The van der Waals surface area contributed by atoms with Crippen molar-refractivity contribution in [2.24, 2.45) is 11.8 Å². The molecular weight excluding hydrogens is 662 g/mol. The van der Waals surface area contributed by atoms with Crippen LogP contribution < -0.4 is 21.3 Å². The summed E-state index contributed by atoms with van der Waals surface area (Å²) in [5, 5.41) is 9.41. The number of Topliss-reactive ketones (excluding diaryl/α,β-unsaturated/α-hetero) is 1. The molecule has 0 saturated carbocycles. The molecule has 2 saturated heterocycles. The van der Waals surface area contributed by atoms with Crippen molar-refractivity contribution in [1.29, 1.82) is 0 Å². The summed E-state index contributed by atoms with van der Waals surface area (Å²) >= 11 is 0. The summed E-state index contributed by atoms with van der Waals surface area (Å²) in [6.07, 6.45) is -2.19. The van der Waals surface area contributed by atoms with Crippen molar-refractivity contribution in [3.63, 3.8) is 0 Å². The summed E-state index contributed by atoms with van der Waals surface area (Å²) in [5.41, 5.74) is -0.917. The Hall–Kier alpha value is -4.13. The van der Waals surface area contributed by atoms with Crippen LogP contribution in [0.3, 0.4) is 0 Å². The fourth-order valence-electron chi connectivity index (χ4n) is 5.40. The zero-order chi connectivity index (χ0) is 52.6. The normalized spacial score (nSPS) is 30.0. The Morgan fingerprint density at radius 2 is 1.37 bits per heavy atom. The number of carbonyl (C=O) groups is 5. The Bertz CT molecular complexity index is 2140. The van der Waals surface area contributed by atoms with Gasteiger partial charge in [0.15, 0.2) is 5.78 Å². The highest BCUT2D eigenvalue weighted by atomic mass is 16.6. The van der Waals surface area contributed by atoms with Gasteiger partial charge in [-0.3, -0.25) is 28.9 Å². The summed E-state index contributed by atoms with van der Waals surface area (Å²) < 4.78 is 148. The molecule has 0 unspecified atom stereocenters. The topological polar surface area (TPSA) is 158 Å². The number of morpholine rings is 1. The lowest BCUT2D eigenvalue weighted by molar-refractivity contribution is -0.135. The van der Waals surface area contributed by atoms with Crippen molar-refractivity contribution >= 4 is 29.4 Å². The molecule has 4 N–H and O–H groups in total. The summed E-state index contributed by atoms with van der Waals surface area (Å²) in [7, 11) is 0. The van der Waals surface area contributed by atoms with E-state index in [9.17, 15) is 24.0 Å². The van der Waals surface area contributed by atoms with Gasteiger partial charge in [-0.1, -0.05) is 88.2 Å². The SMILES string of the molecule is [2H]C([2H])([2H])C([2H])(C[C@H](NC(=O)[C@H](CCc1ccccc1)NC(=O)CN1C([2H])([2H])C([2H])([2H])OC([2H])([2H])C1([2H])[2H])C(=O)N[C@@H](Cc1ccccc1)C(=O)N[C@@H](CC(C)C)C(=O)[C@]1(C)OC1([2H])[2H])C([2H])([2H])[2H]. The van der Waals surface area contributed by atoms with E-state index in [2.05, 4.69) is 26.0 Å². The molecule has 4 rings (SSSR count). The molecule has 0 radical (unpaired) electrons. The van der Waals surface area contributed by atoms with Crippen LogP contribution in [-0.2, 0) is 46.3 Å². The number of aryl methyl sites for hydroxylation is 1. The molecule has 0 spiro atoms. The van der Waals surface area contributed by atoms with Crippen LogP contribution in [0.5, 0.6) is 0 Å². The second-order valence-corrected chi connectivity index (χ2v) is 13.0. The Morgan fingerprint density at radius 3 is 1.96 bits per heavy atom. The van der Waals surface area contributed by atoms with E-state index >= 15 is 0 Å². The van der Waals surface area contributed by atoms with Gasteiger partial charge in [0, 0.05) is 34.5 Å². The molecule has 0 aliphatic carbocycles. The Balaban J connectivity index is 1.76.